The van der Waals surface area contributed by atoms with E-state index in [2.05, 4.69) is 37.3 Å². The molecule has 2 atom stereocenters. The van der Waals surface area contributed by atoms with Gasteiger partial charge in [0.15, 0.2) is 0 Å². The number of hydrogen-bond donors (Lipinski definition) is 0. The molecule has 3 aliphatic rings. The van der Waals surface area contributed by atoms with E-state index < -0.39 is 0 Å². The van der Waals surface area contributed by atoms with Gasteiger partial charge in [-0.1, -0.05) is 30.4 Å². The van der Waals surface area contributed by atoms with Crippen molar-refractivity contribution in [3.8, 4) is 0 Å². The predicted molar refractivity (Wildman–Crippen MR) is 70.9 cm³/mol. The van der Waals surface area contributed by atoms with Crippen LogP contribution in [0.1, 0.15) is 45.4 Å². The highest BCUT2D eigenvalue weighted by atomic mass is 16.5. The summed E-state index contributed by atoms with van der Waals surface area (Å²) in [7, 11) is 0. The lowest BCUT2D eigenvalue weighted by molar-refractivity contribution is 0.0332. The van der Waals surface area contributed by atoms with Gasteiger partial charge in [-0.05, 0) is 51.0 Å². The molecule has 1 heteroatoms. The number of rotatable bonds is 3. The summed E-state index contributed by atoms with van der Waals surface area (Å²) in [6.07, 6.45) is 18.9. The Balaban J connectivity index is 1.59. The average Bonchev–Trinajstić information content (AvgIpc) is 2.93. The quantitative estimate of drug-likeness (QED) is 0.661. The largest absolute Gasteiger partial charge is 0.370 e. The molecule has 3 rings (SSSR count). The van der Waals surface area contributed by atoms with Crippen molar-refractivity contribution < 1.29 is 4.74 Å². The van der Waals surface area contributed by atoms with Crippen molar-refractivity contribution in [1.29, 1.82) is 0 Å². The molecule has 3 aliphatic carbocycles. The summed E-state index contributed by atoms with van der Waals surface area (Å²) in [4.78, 5) is 0. The maximum Gasteiger partial charge on any atom is 0.0759 e. The first kappa shape index (κ1) is 11.3. The SMILES string of the molecule is C[C@]1(OCC2=CC=CCC2)CC12C=CCCC2. The van der Waals surface area contributed by atoms with E-state index in [-0.39, 0.29) is 5.60 Å². The van der Waals surface area contributed by atoms with Crippen LogP contribution in [0.15, 0.2) is 36.0 Å². The molecule has 1 unspecified atom stereocenters. The molecule has 1 nitrogen and oxygen atoms in total. The van der Waals surface area contributed by atoms with Gasteiger partial charge in [-0.2, -0.15) is 0 Å². The van der Waals surface area contributed by atoms with Gasteiger partial charge in [-0.15, -0.1) is 0 Å². The van der Waals surface area contributed by atoms with Crippen LogP contribution >= 0.6 is 0 Å². The lowest BCUT2D eigenvalue weighted by atomic mass is 9.90. The highest BCUT2D eigenvalue weighted by Gasteiger charge is 2.63. The Morgan fingerprint density at radius 2 is 2.24 bits per heavy atom. The summed E-state index contributed by atoms with van der Waals surface area (Å²) >= 11 is 0. The Hall–Kier alpha value is -0.820. The highest BCUT2D eigenvalue weighted by molar-refractivity contribution is 5.27. The van der Waals surface area contributed by atoms with Gasteiger partial charge in [-0.25, -0.2) is 0 Å². The van der Waals surface area contributed by atoms with Gasteiger partial charge in [0, 0.05) is 5.41 Å². The second kappa shape index (κ2) is 4.13. The molecule has 0 aromatic heterocycles. The Kier molecular flexibility index (Phi) is 2.74. The Bertz CT molecular complexity index is 390. The van der Waals surface area contributed by atoms with Crippen LogP contribution in [0.2, 0.25) is 0 Å². The lowest BCUT2D eigenvalue weighted by Gasteiger charge is -2.23. The third-order valence-corrected chi connectivity index (χ3v) is 4.69. The maximum atomic E-state index is 6.22. The molecular weight excluding hydrogens is 208 g/mol. The fraction of sp³-hybridized carbons (Fsp3) is 0.625. The van der Waals surface area contributed by atoms with E-state index in [1.807, 2.05) is 0 Å². The van der Waals surface area contributed by atoms with Crippen molar-refractivity contribution >= 4 is 0 Å². The monoisotopic (exact) mass is 230 g/mol. The Morgan fingerprint density at radius 1 is 1.29 bits per heavy atom. The van der Waals surface area contributed by atoms with E-state index in [0.29, 0.717) is 5.41 Å². The summed E-state index contributed by atoms with van der Waals surface area (Å²) in [5.74, 6) is 0. The third kappa shape index (κ3) is 2.01. The molecule has 1 fully saturated rings. The van der Waals surface area contributed by atoms with E-state index >= 15 is 0 Å². The molecule has 0 heterocycles. The molecule has 0 amide bonds. The minimum atomic E-state index is 0.117. The van der Waals surface area contributed by atoms with Crippen LogP contribution in [-0.2, 0) is 4.74 Å². The first-order chi connectivity index (χ1) is 8.24. The average molecular weight is 230 g/mol. The molecule has 0 aromatic carbocycles. The molecule has 17 heavy (non-hydrogen) atoms. The van der Waals surface area contributed by atoms with Crippen LogP contribution in [-0.4, -0.2) is 12.2 Å². The van der Waals surface area contributed by atoms with Gasteiger partial charge < -0.3 is 4.74 Å². The van der Waals surface area contributed by atoms with Crippen molar-refractivity contribution in [3.05, 3.63) is 36.0 Å². The van der Waals surface area contributed by atoms with Crippen molar-refractivity contribution in [2.24, 2.45) is 5.41 Å². The maximum absolute atomic E-state index is 6.22. The van der Waals surface area contributed by atoms with E-state index in [9.17, 15) is 0 Å². The van der Waals surface area contributed by atoms with Crippen molar-refractivity contribution in [3.63, 3.8) is 0 Å². The minimum Gasteiger partial charge on any atom is -0.370 e. The fourth-order valence-electron chi connectivity index (χ4n) is 3.29. The Labute approximate surface area is 104 Å². The van der Waals surface area contributed by atoms with Gasteiger partial charge in [0.25, 0.3) is 0 Å². The number of hydrogen-bond acceptors (Lipinski definition) is 1. The zero-order valence-corrected chi connectivity index (χ0v) is 10.7. The van der Waals surface area contributed by atoms with E-state index in [0.717, 1.165) is 6.61 Å². The number of allylic oxidation sites excluding steroid dienone is 4. The topological polar surface area (TPSA) is 9.23 Å². The summed E-state index contributed by atoms with van der Waals surface area (Å²) in [6, 6.07) is 0. The van der Waals surface area contributed by atoms with Gasteiger partial charge in [0.05, 0.1) is 12.2 Å². The Morgan fingerprint density at radius 3 is 2.94 bits per heavy atom. The van der Waals surface area contributed by atoms with Crippen LogP contribution in [0.3, 0.4) is 0 Å². The molecular formula is C16H22O. The molecule has 92 valence electrons. The normalized spacial score (nSPS) is 39.5. The molecule has 1 spiro atoms. The third-order valence-electron chi connectivity index (χ3n) is 4.69. The van der Waals surface area contributed by atoms with Crippen LogP contribution in [0.4, 0.5) is 0 Å². The van der Waals surface area contributed by atoms with E-state index in [4.69, 9.17) is 4.74 Å². The predicted octanol–water partition coefficient (Wildman–Crippen LogP) is 4.17. The second-order valence-corrected chi connectivity index (χ2v) is 5.94. The molecule has 0 radical (unpaired) electrons. The zero-order valence-electron chi connectivity index (χ0n) is 10.7. The first-order valence-corrected chi connectivity index (χ1v) is 6.90. The second-order valence-electron chi connectivity index (χ2n) is 5.94. The van der Waals surface area contributed by atoms with Gasteiger partial charge in [0.2, 0.25) is 0 Å². The molecule has 1 saturated carbocycles. The first-order valence-electron chi connectivity index (χ1n) is 6.90. The van der Waals surface area contributed by atoms with Crippen LogP contribution in [0, 0.1) is 5.41 Å². The van der Waals surface area contributed by atoms with Gasteiger partial charge >= 0.3 is 0 Å². The van der Waals surface area contributed by atoms with Crippen LogP contribution in [0.5, 0.6) is 0 Å². The highest BCUT2D eigenvalue weighted by Crippen LogP contribution is 2.63. The fourth-order valence-corrected chi connectivity index (χ4v) is 3.29. The van der Waals surface area contributed by atoms with Crippen molar-refractivity contribution in [2.75, 3.05) is 6.61 Å². The zero-order chi connectivity index (χ0) is 11.8. The summed E-state index contributed by atoms with van der Waals surface area (Å²) in [5, 5.41) is 0. The number of ether oxygens (including phenoxy) is 1. The standard InChI is InChI=1S/C16H22O/c1-15(13-16(15)10-6-3-7-11-16)17-12-14-8-4-2-5-9-14/h2,4,6,8,10H,3,5,7,9,11-13H2,1H3/t15-,16?/m0/s1. The van der Waals surface area contributed by atoms with Gasteiger partial charge in [0.1, 0.15) is 0 Å². The van der Waals surface area contributed by atoms with Gasteiger partial charge in [-0.3, -0.25) is 0 Å². The van der Waals surface area contributed by atoms with E-state index in [1.165, 1.54) is 44.1 Å². The van der Waals surface area contributed by atoms with E-state index in [1.54, 1.807) is 0 Å². The molecule has 0 aromatic rings. The molecule has 0 saturated heterocycles. The molecule has 0 bridgehead atoms. The molecule has 0 aliphatic heterocycles. The van der Waals surface area contributed by atoms with Crippen LogP contribution in [0.25, 0.3) is 0 Å². The van der Waals surface area contributed by atoms with Crippen molar-refractivity contribution in [2.45, 2.75) is 51.0 Å². The lowest BCUT2D eigenvalue weighted by Crippen LogP contribution is -2.22. The summed E-state index contributed by atoms with van der Waals surface area (Å²) in [5.41, 5.74) is 1.96. The summed E-state index contributed by atoms with van der Waals surface area (Å²) < 4.78 is 6.22. The van der Waals surface area contributed by atoms with Crippen molar-refractivity contribution in [1.82, 2.24) is 0 Å². The van der Waals surface area contributed by atoms with Crippen LogP contribution < -0.4 is 0 Å². The molecule has 0 N–H and O–H groups in total. The summed E-state index contributed by atoms with van der Waals surface area (Å²) in [6.45, 7) is 3.12. The minimum absolute atomic E-state index is 0.117. The smallest absolute Gasteiger partial charge is 0.0759 e.